The highest BCUT2D eigenvalue weighted by Crippen LogP contribution is 2.47. The minimum absolute atomic E-state index is 0.0165. The Morgan fingerprint density at radius 3 is 2.57 bits per heavy atom. The number of rotatable bonds is 3. The highest BCUT2D eigenvalue weighted by molar-refractivity contribution is 6.01. The van der Waals surface area contributed by atoms with Gasteiger partial charge in [-0.1, -0.05) is 26.0 Å². The summed E-state index contributed by atoms with van der Waals surface area (Å²) < 4.78 is 5.17. The predicted octanol–water partition coefficient (Wildman–Crippen LogP) is 4.53. The van der Waals surface area contributed by atoms with Crippen LogP contribution in [0.4, 0.5) is 17.1 Å². The standard InChI is InChI=1S/C22H23N3O5/c1-22(2)10-15-19(17(26)11-22)20(24-14-7-5-4-6-13(14)23-15)12-8-16(25(28)29)21(27)18(9-12)30-3/h4-9,20,23-24,27H,10-11H2,1-3H3. The molecule has 8 nitrogen and oxygen atoms in total. The van der Waals surface area contributed by atoms with Gasteiger partial charge in [-0.05, 0) is 35.6 Å². The molecule has 0 amide bonds. The van der Waals surface area contributed by atoms with Crippen LogP contribution in [0.1, 0.15) is 38.3 Å². The second kappa shape index (κ2) is 7.05. The molecular weight excluding hydrogens is 386 g/mol. The van der Waals surface area contributed by atoms with Crippen LogP contribution in [-0.4, -0.2) is 22.9 Å². The Balaban J connectivity index is 1.94. The number of ether oxygens (including phenoxy) is 1. The molecule has 30 heavy (non-hydrogen) atoms. The molecule has 2 aromatic rings. The van der Waals surface area contributed by atoms with Crippen molar-refractivity contribution < 1.29 is 19.6 Å². The smallest absolute Gasteiger partial charge is 0.315 e. The Labute approximate surface area is 173 Å². The summed E-state index contributed by atoms with van der Waals surface area (Å²) in [5.74, 6) is -0.574. The topological polar surface area (TPSA) is 114 Å². The van der Waals surface area contributed by atoms with Crippen molar-refractivity contribution in [2.45, 2.75) is 32.7 Å². The molecule has 1 aliphatic carbocycles. The summed E-state index contributed by atoms with van der Waals surface area (Å²) in [5.41, 5.74) is 2.75. The van der Waals surface area contributed by atoms with Crippen LogP contribution in [0.2, 0.25) is 0 Å². The predicted molar refractivity (Wildman–Crippen MR) is 113 cm³/mol. The molecule has 0 radical (unpaired) electrons. The lowest BCUT2D eigenvalue weighted by molar-refractivity contribution is -0.386. The quantitative estimate of drug-likeness (QED) is 0.504. The fourth-order valence-electron chi connectivity index (χ4n) is 4.21. The van der Waals surface area contributed by atoms with Crippen molar-refractivity contribution in [3.63, 3.8) is 0 Å². The summed E-state index contributed by atoms with van der Waals surface area (Å²) in [6.07, 6.45) is 1.04. The molecule has 1 atom stereocenters. The Kier molecular flexibility index (Phi) is 4.64. The second-order valence-electron chi connectivity index (χ2n) is 8.43. The van der Waals surface area contributed by atoms with Gasteiger partial charge in [-0.2, -0.15) is 0 Å². The zero-order chi connectivity index (χ0) is 21.6. The monoisotopic (exact) mass is 409 g/mol. The fraction of sp³-hybridized carbons (Fsp3) is 0.318. The number of benzene rings is 2. The molecule has 1 unspecified atom stereocenters. The zero-order valence-corrected chi connectivity index (χ0v) is 17.0. The highest BCUT2D eigenvalue weighted by atomic mass is 16.6. The van der Waals surface area contributed by atoms with Crippen LogP contribution in [0.15, 0.2) is 47.7 Å². The first kappa shape index (κ1) is 19.8. The SMILES string of the molecule is COc1cc(C2Nc3ccccc3NC3=C2C(=O)CC(C)(C)C3)cc([N+](=O)[O-])c1O. The maximum atomic E-state index is 13.2. The van der Waals surface area contributed by atoms with E-state index in [9.17, 15) is 20.0 Å². The molecule has 8 heteroatoms. The van der Waals surface area contributed by atoms with Gasteiger partial charge in [0.2, 0.25) is 5.75 Å². The van der Waals surface area contributed by atoms with Crippen LogP contribution in [0.3, 0.4) is 0 Å². The van der Waals surface area contributed by atoms with E-state index in [0.717, 1.165) is 17.1 Å². The molecule has 2 aliphatic rings. The molecule has 0 saturated heterocycles. The van der Waals surface area contributed by atoms with Gasteiger partial charge < -0.3 is 20.5 Å². The number of carbonyl (C=O) groups excluding carboxylic acids is 1. The van der Waals surface area contributed by atoms with Crippen LogP contribution in [-0.2, 0) is 4.79 Å². The van der Waals surface area contributed by atoms with Crippen LogP contribution in [0.5, 0.6) is 11.5 Å². The summed E-state index contributed by atoms with van der Waals surface area (Å²) in [6, 6.07) is 9.77. The number of fused-ring (bicyclic) bond motifs is 1. The zero-order valence-electron chi connectivity index (χ0n) is 17.0. The van der Waals surface area contributed by atoms with Gasteiger partial charge in [-0.15, -0.1) is 0 Å². The van der Waals surface area contributed by atoms with Gasteiger partial charge in [0.15, 0.2) is 11.5 Å². The number of ketones is 1. The summed E-state index contributed by atoms with van der Waals surface area (Å²) >= 11 is 0. The van der Waals surface area contributed by atoms with E-state index in [2.05, 4.69) is 10.6 Å². The van der Waals surface area contributed by atoms with Crippen molar-refractivity contribution in [1.82, 2.24) is 0 Å². The Bertz CT molecular complexity index is 1090. The number of phenolic OH excluding ortho intramolecular Hbond substituents is 1. The first-order chi connectivity index (χ1) is 14.2. The molecule has 0 aromatic heterocycles. The number of hydrogen-bond acceptors (Lipinski definition) is 7. The van der Waals surface area contributed by atoms with Gasteiger partial charge in [0, 0.05) is 23.8 Å². The van der Waals surface area contributed by atoms with E-state index in [1.807, 2.05) is 38.1 Å². The van der Waals surface area contributed by atoms with Gasteiger partial charge >= 0.3 is 5.69 Å². The lowest BCUT2D eigenvalue weighted by Gasteiger charge is -2.34. The number of nitrogens with zero attached hydrogens (tertiary/aromatic N) is 1. The molecule has 2 aromatic carbocycles. The van der Waals surface area contributed by atoms with Gasteiger partial charge in [0.25, 0.3) is 0 Å². The number of methoxy groups -OCH3 is 1. The Hall–Kier alpha value is -3.55. The van der Waals surface area contributed by atoms with Gasteiger partial charge in [0.1, 0.15) is 0 Å². The molecule has 1 heterocycles. The molecule has 4 rings (SSSR count). The van der Waals surface area contributed by atoms with Gasteiger partial charge in [-0.25, -0.2) is 0 Å². The van der Waals surface area contributed by atoms with E-state index in [1.54, 1.807) is 0 Å². The second-order valence-corrected chi connectivity index (χ2v) is 8.43. The molecule has 156 valence electrons. The van der Waals surface area contributed by atoms with Crippen LogP contribution < -0.4 is 15.4 Å². The average Bonchev–Trinajstić information content (AvgIpc) is 2.83. The number of carbonyl (C=O) groups is 1. The maximum Gasteiger partial charge on any atom is 0.315 e. The molecule has 0 spiro atoms. The summed E-state index contributed by atoms with van der Waals surface area (Å²) in [6.45, 7) is 4.09. The van der Waals surface area contributed by atoms with E-state index in [1.165, 1.54) is 19.2 Å². The Morgan fingerprint density at radius 1 is 1.20 bits per heavy atom. The van der Waals surface area contributed by atoms with Crippen LogP contribution >= 0.6 is 0 Å². The number of nitro benzene ring substituents is 1. The minimum atomic E-state index is -0.661. The molecular formula is C22H23N3O5. The van der Waals surface area contributed by atoms with E-state index in [-0.39, 0.29) is 16.9 Å². The lowest BCUT2D eigenvalue weighted by atomic mass is 9.73. The average molecular weight is 409 g/mol. The van der Waals surface area contributed by atoms with Crippen molar-refractivity contribution in [2.75, 3.05) is 17.7 Å². The fourth-order valence-corrected chi connectivity index (χ4v) is 4.21. The number of phenols is 1. The number of anilines is 2. The molecule has 3 N–H and O–H groups in total. The van der Waals surface area contributed by atoms with E-state index in [0.29, 0.717) is 24.0 Å². The number of aromatic hydroxyl groups is 1. The van der Waals surface area contributed by atoms with Crippen molar-refractivity contribution in [2.24, 2.45) is 5.41 Å². The number of allylic oxidation sites excluding steroid dienone is 1. The summed E-state index contributed by atoms with van der Waals surface area (Å²) in [4.78, 5) is 24.1. The van der Waals surface area contributed by atoms with Crippen LogP contribution in [0.25, 0.3) is 0 Å². The normalized spacial score (nSPS) is 19.7. The third kappa shape index (κ3) is 3.34. The van der Waals surface area contributed by atoms with Crippen LogP contribution in [0, 0.1) is 15.5 Å². The molecule has 0 saturated carbocycles. The number of nitro groups is 1. The highest BCUT2D eigenvalue weighted by Gasteiger charge is 2.39. The number of hydrogen-bond donors (Lipinski definition) is 3. The third-order valence-corrected chi connectivity index (χ3v) is 5.55. The first-order valence-corrected chi connectivity index (χ1v) is 9.64. The van der Waals surface area contributed by atoms with Crippen molar-refractivity contribution in [1.29, 1.82) is 0 Å². The van der Waals surface area contributed by atoms with Gasteiger partial charge in [0.05, 0.1) is 29.4 Å². The first-order valence-electron chi connectivity index (χ1n) is 9.64. The number of para-hydroxylation sites is 2. The molecule has 0 fully saturated rings. The maximum absolute atomic E-state index is 13.2. The third-order valence-electron chi connectivity index (χ3n) is 5.55. The Morgan fingerprint density at radius 2 is 1.90 bits per heavy atom. The summed E-state index contributed by atoms with van der Waals surface area (Å²) in [7, 11) is 1.33. The largest absolute Gasteiger partial charge is 0.500 e. The number of nitrogens with one attached hydrogen (secondary N) is 2. The van der Waals surface area contributed by atoms with Gasteiger partial charge in [-0.3, -0.25) is 14.9 Å². The van der Waals surface area contributed by atoms with Crippen molar-refractivity contribution in [3.8, 4) is 11.5 Å². The van der Waals surface area contributed by atoms with E-state index in [4.69, 9.17) is 4.74 Å². The lowest BCUT2D eigenvalue weighted by Crippen LogP contribution is -2.31. The van der Waals surface area contributed by atoms with Crippen molar-refractivity contribution >= 4 is 22.8 Å². The van der Waals surface area contributed by atoms with E-state index < -0.39 is 22.4 Å². The van der Waals surface area contributed by atoms with E-state index >= 15 is 0 Å². The molecule has 0 bridgehead atoms. The number of Topliss-reactive ketones (excluding diaryl/α,β-unsaturated/α-hetero) is 1. The minimum Gasteiger partial charge on any atom is -0.500 e. The summed E-state index contributed by atoms with van der Waals surface area (Å²) in [5, 5.41) is 28.4. The molecule has 1 aliphatic heterocycles. The van der Waals surface area contributed by atoms with Crippen molar-refractivity contribution in [3.05, 3.63) is 63.3 Å².